The van der Waals surface area contributed by atoms with E-state index in [1.807, 2.05) is 24.3 Å². The first-order valence-corrected chi connectivity index (χ1v) is 10.9. The van der Waals surface area contributed by atoms with Crippen molar-refractivity contribution in [3.05, 3.63) is 82.9 Å². The van der Waals surface area contributed by atoms with Crippen LogP contribution >= 0.6 is 11.6 Å². The first-order chi connectivity index (χ1) is 15.4. The predicted molar refractivity (Wildman–Crippen MR) is 120 cm³/mol. The van der Waals surface area contributed by atoms with Gasteiger partial charge < -0.3 is 10.6 Å². The molecule has 0 saturated carbocycles. The van der Waals surface area contributed by atoms with Crippen molar-refractivity contribution in [2.24, 2.45) is 0 Å². The smallest absolute Gasteiger partial charge is 0.220 e. The number of nitrogens with zero attached hydrogens (tertiary/aromatic N) is 2. The average Bonchev–Trinajstić information content (AvgIpc) is 3.40. The Morgan fingerprint density at radius 2 is 2.03 bits per heavy atom. The highest BCUT2D eigenvalue weighted by Gasteiger charge is 2.37. The van der Waals surface area contributed by atoms with Crippen LogP contribution in [0.5, 0.6) is 0 Å². The Kier molecular flexibility index (Phi) is 6.55. The molecule has 166 valence electrons. The zero-order valence-corrected chi connectivity index (χ0v) is 18.2. The number of hydrogen-bond donors (Lipinski definition) is 2. The maximum Gasteiger partial charge on any atom is 0.220 e. The molecule has 8 heteroatoms. The molecule has 6 nitrogen and oxygen atoms in total. The van der Waals surface area contributed by atoms with Crippen molar-refractivity contribution in [3.63, 3.8) is 0 Å². The van der Waals surface area contributed by atoms with E-state index in [1.54, 1.807) is 29.2 Å². The van der Waals surface area contributed by atoms with Gasteiger partial charge in [0.15, 0.2) is 0 Å². The highest BCUT2D eigenvalue weighted by molar-refractivity contribution is 6.30. The summed E-state index contributed by atoms with van der Waals surface area (Å²) in [6, 6.07) is 13.7. The van der Waals surface area contributed by atoms with Crippen molar-refractivity contribution >= 4 is 23.4 Å². The minimum absolute atomic E-state index is 0.0177. The predicted octanol–water partition coefficient (Wildman–Crippen LogP) is 3.95. The van der Waals surface area contributed by atoms with Gasteiger partial charge in [-0.1, -0.05) is 29.8 Å². The van der Waals surface area contributed by atoms with E-state index in [-0.39, 0.29) is 17.6 Å². The van der Waals surface area contributed by atoms with Crippen LogP contribution < -0.4 is 10.6 Å². The third-order valence-electron chi connectivity index (χ3n) is 5.72. The molecular weight excluding hydrogens is 431 g/mol. The minimum Gasteiger partial charge on any atom is -0.352 e. The molecule has 4 rings (SSSR count). The topological polar surface area (TPSA) is 76.0 Å². The molecule has 2 amide bonds. The molecule has 2 aromatic carbocycles. The quantitative estimate of drug-likeness (QED) is 0.541. The van der Waals surface area contributed by atoms with Gasteiger partial charge in [-0.05, 0) is 55.2 Å². The Labute approximate surface area is 190 Å². The third kappa shape index (κ3) is 5.53. The van der Waals surface area contributed by atoms with Gasteiger partial charge in [-0.2, -0.15) is 5.10 Å². The van der Waals surface area contributed by atoms with E-state index < -0.39 is 5.54 Å². The SMILES string of the molecule is O=C(CCC1(Cc2ccc(Cl)cc2)CCC(=O)N1)NCc1cnn(-c2cccc(F)c2)c1. The number of amides is 2. The highest BCUT2D eigenvalue weighted by Crippen LogP contribution is 2.30. The van der Waals surface area contributed by atoms with Gasteiger partial charge in [0.1, 0.15) is 5.82 Å². The first kappa shape index (κ1) is 22.0. The van der Waals surface area contributed by atoms with Gasteiger partial charge >= 0.3 is 0 Å². The molecule has 1 saturated heterocycles. The summed E-state index contributed by atoms with van der Waals surface area (Å²) in [4.78, 5) is 24.4. The molecule has 0 aliphatic carbocycles. The molecule has 2 N–H and O–H groups in total. The second-order valence-electron chi connectivity index (χ2n) is 8.18. The number of halogens is 2. The molecule has 3 aromatic rings. The van der Waals surface area contributed by atoms with Crippen molar-refractivity contribution in [2.75, 3.05) is 0 Å². The summed E-state index contributed by atoms with van der Waals surface area (Å²) in [7, 11) is 0. The van der Waals surface area contributed by atoms with E-state index in [1.165, 1.54) is 12.1 Å². The van der Waals surface area contributed by atoms with Crippen molar-refractivity contribution in [2.45, 2.75) is 44.2 Å². The van der Waals surface area contributed by atoms with Crippen LogP contribution in [0.25, 0.3) is 5.69 Å². The molecular formula is C24H24ClFN4O2. The lowest BCUT2D eigenvalue weighted by atomic mass is 9.85. The molecule has 1 aliphatic heterocycles. The number of nitrogens with one attached hydrogen (secondary N) is 2. The zero-order valence-electron chi connectivity index (χ0n) is 17.5. The fourth-order valence-electron chi connectivity index (χ4n) is 4.03. The molecule has 0 spiro atoms. The van der Waals surface area contributed by atoms with Gasteiger partial charge in [0, 0.05) is 41.7 Å². The van der Waals surface area contributed by atoms with Crippen molar-refractivity contribution in [1.82, 2.24) is 20.4 Å². The lowest BCUT2D eigenvalue weighted by Gasteiger charge is -2.29. The van der Waals surface area contributed by atoms with Crippen molar-refractivity contribution < 1.29 is 14.0 Å². The molecule has 1 unspecified atom stereocenters. The van der Waals surface area contributed by atoms with E-state index in [4.69, 9.17) is 11.6 Å². The molecule has 32 heavy (non-hydrogen) atoms. The van der Waals surface area contributed by atoms with Crippen molar-refractivity contribution in [3.8, 4) is 5.69 Å². The van der Waals surface area contributed by atoms with Gasteiger partial charge in [-0.25, -0.2) is 9.07 Å². The van der Waals surface area contributed by atoms with Crippen LogP contribution in [0.2, 0.25) is 5.02 Å². The number of carbonyl (C=O) groups is 2. The summed E-state index contributed by atoms with van der Waals surface area (Å²) in [5.74, 6) is -0.413. The summed E-state index contributed by atoms with van der Waals surface area (Å²) in [6.45, 7) is 0.324. The van der Waals surface area contributed by atoms with Gasteiger partial charge in [0.25, 0.3) is 0 Å². The van der Waals surface area contributed by atoms with Crippen LogP contribution in [0.15, 0.2) is 60.9 Å². The van der Waals surface area contributed by atoms with Gasteiger partial charge in [-0.15, -0.1) is 0 Å². The number of aromatic nitrogens is 2. The summed E-state index contributed by atoms with van der Waals surface area (Å²) < 4.78 is 15.0. The molecule has 1 atom stereocenters. The van der Waals surface area contributed by atoms with E-state index in [0.29, 0.717) is 49.4 Å². The fourth-order valence-corrected chi connectivity index (χ4v) is 4.15. The molecule has 0 bridgehead atoms. The van der Waals surface area contributed by atoms with E-state index in [9.17, 15) is 14.0 Å². The van der Waals surface area contributed by atoms with Crippen LogP contribution in [0.1, 0.15) is 36.8 Å². The number of carbonyl (C=O) groups excluding carboxylic acids is 2. The van der Waals surface area contributed by atoms with E-state index >= 15 is 0 Å². The Morgan fingerprint density at radius 3 is 2.75 bits per heavy atom. The summed E-state index contributed by atoms with van der Waals surface area (Å²) >= 11 is 5.97. The molecule has 1 fully saturated rings. The lowest BCUT2D eigenvalue weighted by molar-refractivity contribution is -0.122. The molecule has 1 aliphatic rings. The molecule has 0 radical (unpaired) electrons. The number of hydrogen-bond acceptors (Lipinski definition) is 3. The zero-order chi connectivity index (χ0) is 22.6. The first-order valence-electron chi connectivity index (χ1n) is 10.5. The van der Waals surface area contributed by atoms with Crippen LogP contribution in [0.4, 0.5) is 4.39 Å². The lowest BCUT2D eigenvalue weighted by Crippen LogP contribution is -2.44. The Balaban J connectivity index is 1.32. The second kappa shape index (κ2) is 9.53. The Hall–Kier alpha value is -3.19. The van der Waals surface area contributed by atoms with E-state index in [2.05, 4.69) is 15.7 Å². The van der Waals surface area contributed by atoms with Crippen LogP contribution in [-0.2, 0) is 22.6 Å². The Bertz CT molecular complexity index is 1120. The number of benzene rings is 2. The molecule has 1 aromatic heterocycles. The normalized spacial score (nSPS) is 17.9. The number of rotatable bonds is 8. The minimum atomic E-state index is -0.426. The van der Waals surface area contributed by atoms with E-state index in [0.717, 1.165) is 11.1 Å². The second-order valence-corrected chi connectivity index (χ2v) is 8.62. The van der Waals surface area contributed by atoms with Gasteiger partial charge in [0.2, 0.25) is 11.8 Å². The standard InChI is InChI=1S/C24H24ClFN4O2/c25-19-6-4-17(5-7-19)13-24(11-9-23(32)29-24)10-8-22(31)27-14-18-15-28-30(16-18)21-3-1-2-20(26)12-21/h1-7,12,15-16H,8-11,13-14H2,(H,27,31)(H,29,32). The summed E-state index contributed by atoms with van der Waals surface area (Å²) in [5.41, 5.74) is 2.07. The average molecular weight is 455 g/mol. The van der Waals surface area contributed by atoms with Crippen LogP contribution in [-0.4, -0.2) is 27.1 Å². The maximum absolute atomic E-state index is 13.4. The largest absolute Gasteiger partial charge is 0.352 e. The highest BCUT2D eigenvalue weighted by atomic mass is 35.5. The summed E-state index contributed by atoms with van der Waals surface area (Å²) in [5, 5.41) is 10.9. The van der Waals surface area contributed by atoms with Crippen molar-refractivity contribution in [1.29, 1.82) is 0 Å². The maximum atomic E-state index is 13.4. The molecule has 2 heterocycles. The third-order valence-corrected chi connectivity index (χ3v) is 5.97. The monoisotopic (exact) mass is 454 g/mol. The fraction of sp³-hybridized carbons (Fsp3) is 0.292. The summed E-state index contributed by atoms with van der Waals surface area (Å²) in [6.07, 6.45) is 6.07. The van der Waals surface area contributed by atoms with Gasteiger partial charge in [0.05, 0.1) is 11.9 Å². The van der Waals surface area contributed by atoms with Crippen LogP contribution in [0.3, 0.4) is 0 Å². The Morgan fingerprint density at radius 1 is 1.22 bits per heavy atom. The van der Waals surface area contributed by atoms with Crippen LogP contribution in [0, 0.1) is 5.82 Å². The van der Waals surface area contributed by atoms with Gasteiger partial charge in [-0.3, -0.25) is 9.59 Å².